The lowest BCUT2D eigenvalue weighted by molar-refractivity contribution is 1.17. The average Bonchev–Trinajstić information content (AvgIpc) is 1.55. The Balaban J connectivity index is 0.648. The molecule has 0 N–H and O–H groups in total. The van der Waals surface area contributed by atoms with Crippen LogP contribution in [0.15, 0.2) is 388 Å². The highest BCUT2D eigenvalue weighted by Gasteiger charge is 2.23. The smallest absolute Gasteiger partial charge is 0.0542 e. The van der Waals surface area contributed by atoms with Crippen LogP contribution >= 0.6 is 0 Å². The summed E-state index contributed by atoms with van der Waals surface area (Å²) in [5.41, 5.74) is 30.2. The Morgan fingerprint density at radius 2 is 0.287 bits per heavy atom. The molecule has 0 spiro atoms. The van der Waals surface area contributed by atoms with Gasteiger partial charge in [0.05, 0.1) is 66.2 Å². The number of hydrogen-bond donors (Lipinski definition) is 0. The lowest BCUT2D eigenvalue weighted by Gasteiger charge is -2.10. The zero-order chi connectivity index (χ0) is 70.7. The molecule has 0 aliphatic carbocycles. The molecule has 0 unspecified atom stereocenters. The van der Waals surface area contributed by atoms with Crippen LogP contribution in [-0.4, -0.2) is 27.4 Å². The minimum atomic E-state index is 1.13. The maximum absolute atomic E-state index is 2.43. The highest BCUT2D eigenvalue weighted by Crippen LogP contribution is 2.45. The quantitative estimate of drug-likeness (QED) is 0.131. The number of rotatable bonds is 10. The average molecular weight is 1370 g/mol. The van der Waals surface area contributed by atoms with Crippen LogP contribution in [-0.2, 0) is 0 Å². The Morgan fingerprint density at radius 3 is 0.537 bits per heavy atom. The van der Waals surface area contributed by atoms with Crippen molar-refractivity contribution in [2.75, 3.05) is 0 Å². The van der Waals surface area contributed by atoms with Gasteiger partial charge in [-0.2, -0.15) is 0 Å². The van der Waals surface area contributed by atoms with Gasteiger partial charge in [-0.05, 0) is 233 Å². The van der Waals surface area contributed by atoms with Crippen molar-refractivity contribution in [3.8, 4) is 78.6 Å². The summed E-state index contributed by atoms with van der Waals surface area (Å²) in [4.78, 5) is 0. The summed E-state index contributed by atoms with van der Waals surface area (Å²) in [6.07, 6.45) is 0. The standard InChI is InChI=1S/C102H64N6/c1-5-24-73(25-6-1)103-95-48-40-67(57-83(95)85-59-69(42-50-97(85)103)71-44-52-99-87(61-71)89-63-77(46-54-101(89)105(99)75-28-9-3-10-29-75)107-91-36-17-13-32-79(91)80-33-14-18-37-92(80)107)65-22-21-23-66(56-65)68-41-49-96-84(58-68)86-60-70(43-51-98(86)104(96)74-26-7-2-8-27-74)72-45-53-100-88(62-72)90-64-78(47-55-102(90)106(100)76-30-11-4-12-31-76)108-93-38-19-15-34-81(93)82-35-16-20-39-94(82)108/h1-64H. The topological polar surface area (TPSA) is 29.6 Å². The van der Waals surface area contributed by atoms with Gasteiger partial charge < -0.3 is 27.4 Å². The fourth-order valence-corrected chi connectivity index (χ4v) is 18.1. The summed E-state index contributed by atoms with van der Waals surface area (Å²) in [5.74, 6) is 0. The molecule has 6 heteroatoms. The Hall–Kier alpha value is -14.5. The van der Waals surface area contributed by atoms with Gasteiger partial charge in [0.2, 0.25) is 0 Å². The fourth-order valence-electron chi connectivity index (χ4n) is 18.1. The zero-order valence-corrected chi connectivity index (χ0v) is 58.6. The van der Waals surface area contributed by atoms with E-state index in [4.69, 9.17) is 0 Å². The van der Waals surface area contributed by atoms with Gasteiger partial charge in [0, 0.05) is 98.8 Å². The molecule has 0 saturated heterocycles. The molecule has 0 radical (unpaired) electrons. The largest absolute Gasteiger partial charge is 0.309 e. The Morgan fingerprint density at radius 1 is 0.102 bits per heavy atom. The van der Waals surface area contributed by atoms with Gasteiger partial charge in [0.15, 0.2) is 0 Å². The molecule has 0 amide bonds. The maximum atomic E-state index is 2.43. The third-order valence-corrected chi connectivity index (χ3v) is 23.0. The number of benzene rings is 17. The van der Waals surface area contributed by atoms with E-state index in [9.17, 15) is 0 Å². The first-order valence-electron chi connectivity index (χ1n) is 37.2. The van der Waals surface area contributed by atoms with Crippen LogP contribution in [0.2, 0.25) is 0 Å². The van der Waals surface area contributed by atoms with Gasteiger partial charge in [0.25, 0.3) is 0 Å². The lowest BCUT2D eigenvalue weighted by atomic mass is 9.96. The third kappa shape index (κ3) is 9.08. The number of aromatic nitrogens is 6. The predicted molar refractivity (Wildman–Crippen MR) is 454 cm³/mol. The van der Waals surface area contributed by atoms with Crippen LogP contribution in [0.5, 0.6) is 0 Å². The molecule has 6 aromatic heterocycles. The van der Waals surface area contributed by atoms with E-state index in [0.717, 1.165) is 89.6 Å². The normalized spacial score (nSPS) is 12.1. The molecule has 502 valence electrons. The molecular formula is C102H64N6. The van der Waals surface area contributed by atoms with Crippen molar-refractivity contribution in [3.63, 3.8) is 0 Å². The molecule has 23 rings (SSSR count). The fraction of sp³-hybridized carbons (Fsp3) is 0. The van der Waals surface area contributed by atoms with E-state index in [-0.39, 0.29) is 0 Å². The predicted octanol–water partition coefficient (Wildman–Crippen LogP) is 26.9. The van der Waals surface area contributed by atoms with E-state index >= 15 is 0 Å². The van der Waals surface area contributed by atoms with Crippen molar-refractivity contribution in [1.82, 2.24) is 27.4 Å². The molecule has 0 saturated carbocycles. The van der Waals surface area contributed by atoms with Crippen LogP contribution in [0.4, 0.5) is 0 Å². The second-order valence-electron chi connectivity index (χ2n) is 28.8. The SMILES string of the molecule is c1ccc(-n2c3ccc(-c4cccc(-c5ccc6c(c5)c5cc(-c7ccc8c(c7)c7cc(-n9c%10ccccc%10c%10ccccc%109)ccc7n8-c7ccccc7)ccc5n6-c5ccccc5)c4)cc3c3cc(-c4ccc5c(c4)c4cc(-n6c7ccccc7c7ccccc76)ccc4n5-c4ccccc4)ccc32)cc1. The first kappa shape index (κ1) is 60.0. The Labute approximate surface area is 621 Å². The van der Waals surface area contributed by atoms with Crippen molar-refractivity contribution in [3.05, 3.63) is 388 Å². The minimum absolute atomic E-state index is 1.13. The number of hydrogen-bond acceptors (Lipinski definition) is 0. The van der Waals surface area contributed by atoms with Crippen LogP contribution < -0.4 is 0 Å². The molecule has 23 aromatic rings. The zero-order valence-electron chi connectivity index (χ0n) is 58.6. The van der Waals surface area contributed by atoms with Crippen molar-refractivity contribution in [1.29, 1.82) is 0 Å². The lowest BCUT2D eigenvalue weighted by Crippen LogP contribution is -1.95. The summed E-state index contributed by atoms with van der Waals surface area (Å²) in [7, 11) is 0. The van der Waals surface area contributed by atoms with E-state index < -0.39 is 0 Å². The second-order valence-corrected chi connectivity index (χ2v) is 28.8. The summed E-state index contributed by atoms with van der Waals surface area (Å²) in [5, 5.41) is 14.6. The molecule has 6 heterocycles. The van der Waals surface area contributed by atoms with Crippen LogP contribution in [0.1, 0.15) is 0 Å². The monoisotopic (exact) mass is 1370 g/mol. The van der Waals surface area contributed by atoms with Gasteiger partial charge in [-0.25, -0.2) is 0 Å². The summed E-state index contributed by atoms with van der Waals surface area (Å²) >= 11 is 0. The van der Waals surface area contributed by atoms with Gasteiger partial charge in [-0.1, -0.05) is 200 Å². The molecule has 108 heavy (non-hydrogen) atoms. The summed E-state index contributed by atoms with van der Waals surface area (Å²) < 4.78 is 14.6. The van der Waals surface area contributed by atoms with Gasteiger partial charge in [0.1, 0.15) is 0 Å². The summed E-state index contributed by atoms with van der Waals surface area (Å²) in [6.45, 7) is 0. The molecule has 6 nitrogen and oxygen atoms in total. The number of fused-ring (bicyclic) bond motifs is 18. The first-order valence-corrected chi connectivity index (χ1v) is 37.2. The number of para-hydroxylation sites is 8. The molecule has 0 aliphatic rings. The Bertz CT molecular complexity index is 7090. The molecule has 0 fully saturated rings. The molecule has 0 aliphatic heterocycles. The second kappa shape index (κ2) is 23.5. The van der Waals surface area contributed by atoms with Gasteiger partial charge >= 0.3 is 0 Å². The van der Waals surface area contributed by atoms with Crippen molar-refractivity contribution < 1.29 is 0 Å². The first-order chi connectivity index (χ1) is 53.6. The maximum Gasteiger partial charge on any atom is 0.0542 e. The van der Waals surface area contributed by atoms with Crippen LogP contribution in [0.3, 0.4) is 0 Å². The van der Waals surface area contributed by atoms with Crippen molar-refractivity contribution in [2.24, 2.45) is 0 Å². The highest BCUT2D eigenvalue weighted by molar-refractivity contribution is 6.18. The highest BCUT2D eigenvalue weighted by atomic mass is 15.0. The van der Waals surface area contributed by atoms with E-state index in [1.807, 2.05) is 0 Å². The van der Waals surface area contributed by atoms with E-state index in [2.05, 4.69) is 416 Å². The molecule has 0 atom stereocenters. The van der Waals surface area contributed by atoms with Gasteiger partial charge in [-0.15, -0.1) is 0 Å². The Kier molecular flexibility index (Phi) is 13.1. The number of nitrogens with zero attached hydrogens (tertiary/aromatic N) is 6. The minimum Gasteiger partial charge on any atom is -0.309 e. The molecular weight excluding hydrogens is 1310 g/mol. The van der Waals surface area contributed by atoms with E-state index in [1.54, 1.807) is 0 Å². The van der Waals surface area contributed by atoms with Crippen molar-refractivity contribution >= 4 is 131 Å². The summed E-state index contributed by atoms with van der Waals surface area (Å²) in [6, 6.07) is 144. The van der Waals surface area contributed by atoms with E-state index in [1.165, 1.54) is 120 Å². The van der Waals surface area contributed by atoms with Crippen molar-refractivity contribution in [2.45, 2.75) is 0 Å². The molecule has 17 aromatic carbocycles. The van der Waals surface area contributed by atoms with Gasteiger partial charge in [-0.3, -0.25) is 0 Å². The van der Waals surface area contributed by atoms with Crippen LogP contribution in [0.25, 0.3) is 209 Å². The van der Waals surface area contributed by atoms with Crippen LogP contribution in [0, 0.1) is 0 Å². The molecule has 0 bridgehead atoms. The third-order valence-electron chi connectivity index (χ3n) is 23.0. The van der Waals surface area contributed by atoms with E-state index in [0.29, 0.717) is 0 Å².